The first-order valence-electron chi connectivity index (χ1n) is 5.35. The van der Waals surface area contributed by atoms with E-state index in [9.17, 15) is 10.2 Å². The number of phenolic OH excluding ortho intramolecular Hbond substituents is 1. The van der Waals surface area contributed by atoms with E-state index < -0.39 is 6.10 Å². The van der Waals surface area contributed by atoms with Gasteiger partial charge in [-0.25, -0.2) is 0 Å². The first-order chi connectivity index (χ1) is 7.19. The van der Waals surface area contributed by atoms with Crippen LogP contribution < -0.4 is 5.73 Å². The average molecular weight is 209 g/mol. The van der Waals surface area contributed by atoms with Crippen molar-refractivity contribution in [2.45, 2.75) is 31.8 Å². The van der Waals surface area contributed by atoms with E-state index in [0.717, 1.165) is 12.0 Å². The van der Waals surface area contributed by atoms with Crippen molar-refractivity contribution in [3.8, 4) is 5.75 Å². The molecular weight excluding hydrogens is 190 g/mol. The highest BCUT2D eigenvalue weighted by Gasteiger charge is 2.16. The lowest BCUT2D eigenvalue weighted by Crippen LogP contribution is -2.22. The maximum atomic E-state index is 9.68. The van der Waals surface area contributed by atoms with E-state index in [0.29, 0.717) is 12.2 Å². The Bertz CT molecular complexity index is 301. The highest BCUT2D eigenvalue weighted by Crippen LogP contribution is 2.31. The van der Waals surface area contributed by atoms with Crippen LogP contribution in [0.25, 0.3) is 0 Å². The second-order valence-electron chi connectivity index (χ2n) is 3.79. The van der Waals surface area contributed by atoms with E-state index in [-0.39, 0.29) is 12.5 Å². The Morgan fingerprint density at radius 2 is 2.00 bits per heavy atom. The molecule has 0 aliphatic carbocycles. The predicted molar refractivity (Wildman–Crippen MR) is 60.8 cm³/mol. The van der Waals surface area contributed by atoms with E-state index in [2.05, 4.69) is 0 Å². The molecule has 3 heteroatoms. The topological polar surface area (TPSA) is 66.5 Å². The molecule has 0 saturated carbocycles. The Morgan fingerprint density at radius 1 is 1.33 bits per heavy atom. The smallest absolute Gasteiger partial charge is 0.119 e. The first kappa shape index (κ1) is 12.0. The zero-order chi connectivity index (χ0) is 11.3. The fraction of sp³-hybridized carbons (Fsp3) is 0.500. The minimum Gasteiger partial charge on any atom is -0.508 e. The predicted octanol–water partition coefficient (Wildman–Crippen LogP) is 1.60. The summed E-state index contributed by atoms with van der Waals surface area (Å²) in [6, 6.07) is 7.26. The van der Waals surface area contributed by atoms with Crippen LogP contribution in [-0.2, 0) is 0 Å². The number of hydrogen-bond donors (Lipinski definition) is 3. The Morgan fingerprint density at radius 3 is 2.53 bits per heavy atom. The molecule has 0 heterocycles. The Kier molecular flexibility index (Phi) is 4.59. The molecule has 0 spiro atoms. The van der Waals surface area contributed by atoms with Crippen LogP contribution in [0, 0.1) is 0 Å². The normalized spacial score (nSPS) is 14.9. The fourth-order valence-corrected chi connectivity index (χ4v) is 1.77. The summed E-state index contributed by atoms with van der Waals surface area (Å²) < 4.78 is 0. The van der Waals surface area contributed by atoms with Gasteiger partial charge in [-0.15, -0.1) is 0 Å². The Balaban J connectivity index is 2.78. The molecule has 0 aliphatic heterocycles. The summed E-state index contributed by atoms with van der Waals surface area (Å²) in [5, 5.41) is 19.2. The molecule has 3 nitrogen and oxygen atoms in total. The summed E-state index contributed by atoms with van der Waals surface area (Å²) in [6.07, 6.45) is 0.994. The molecule has 0 aliphatic rings. The fourth-order valence-electron chi connectivity index (χ4n) is 1.77. The SMILES string of the molecule is CCC(CC(O)CN)c1ccccc1O. The lowest BCUT2D eigenvalue weighted by Gasteiger charge is -2.19. The van der Waals surface area contributed by atoms with Gasteiger partial charge in [0.25, 0.3) is 0 Å². The zero-order valence-corrected chi connectivity index (χ0v) is 9.06. The van der Waals surface area contributed by atoms with Gasteiger partial charge in [-0.2, -0.15) is 0 Å². The number of aliphatic hydroxyl groups is 1. The lowest BCUT2D eigenvalue weighted by atomic mass is 9.90. The third-order valence-electron chi connectivity index (χ3n) is 2.70. The molecule has 0 radical (unpaired) electrons. The Labute approximate surface area is 90.5 Å². The quantitative estimate of drug-likeness (QED) is 0.690. The number of benzene rings is 1. The van der Waals surface area contributed by atoms with E-state index in [4.69, 9.17) is 5.73 Å². The molecule has 4 N–H and O–H groups in total. The van der Waals surface area contributed by atoms with Crippen molar-refractivity contribution in [3.63, 3.8) is 0 Å². The van der Waals surface area contributed by atoms with Crippen LogP contribution in [0.5, 0.6) is 5.75 Å². The van der Waals surface area contributed by atoms with Crippen molar-refractivity contribution in [1.29, 1.82) is 0 Å². The molecule has 1 rings (SSSR count). The van der Waals surface area contributed by atoms with Crippen molar-refractivity contribution in [2.75, 3.05) is 6.54 Å². The van der Waals surface area contributed by atoms with Crippen molar-refractivity contribution in [3.05, 3.63) is 29.8 Å². The van der Waals surface area contributed by atoms with Gasteiger partial charge in [-0.05, 0) is 30.4 Å². The summed E-state index contributed by atoms with van der Waals surface area (Å²) in [7, 11) is 0. The van der Waals surface area contributed by atoms with Crippen LogP contribution in [-0.4, -0.2) is 22.9 Å². The second kappa shape index (κ2) is 5.73. The van der Waals surface area contributed by atoms with Crippen LogP contribution in [0.1, 0.15) is 31.2 Å². The van der Waals surface area contributed by atoms with Crippen LogP contribution in [0.4, 0.5) is 0 Å². The number of rotatable bonds is 5. The summed E-state index contributed by atoms with van der Waals surface area (Å²) in [4.78, 5) is 0. The third kappa shape index (κ3) is 3.22. The van der Waals surface area contributed by atoms with Gasteiger partial charge in [0.2, 0.25) is 0 Å². The maximum Gasteiger partial charge on any atom is 0.119 e. The molecule has 84 valence electrons. The van der Waals surface area contributed by atoms with Crippen molar-refractivity contribution in [2.24, 2.45) is 5.73 Å². The van der Waals surface area contributed by atoms with Crippen LogP contribution in [0.2, 0.25) is 0 Å². The van der Waals surface area contributed by atoms with Crippen molar-refractivity contribution in [1.82, 2.24) is 0 Å². The highest BCUT2D eigenvalue weighted by atomic mass is 16.3. The first-order valence-corrected chi connectivity index (χ1v) is 5.35. The summed E-state index contributed by atoms with van der Waals surface area (Å²) in [5.74, 6) is 0.471. The molecule has 1 aromatic rings. The summed E-state index contributed by atoms with van der Waals surface area (Å²) in [5.41, 5.74) is 6.27. The third-order valence-corrected chi connectivity index (χ3v) is 2.70. The van der Waals surface area contributed by atoms with Crippen LogP contribution >= 0.6 is 0 Å². The van der Waals surface area contributed by atoms with Gasteiger partial charge >= 0.3 is 0 Å². The molecule has 0 saturated heterocycles. The average Bonchev–Trinajstić information content (AvgIpc) is 2.26. The van der Waals surface area contributed by atoms with Crippen LogP contribution in [0.15, 0.2) is 24.3 Å². The van der Waals surface area contributed by atoms with Gasteiger partial charge in [0.05, 0.1) is 6.10 Å². The number of para-hydroxylation sites is 1. The molecule has 0 bridgehead atoms. The molecule has 0 amide bonds. The minimum absolute atomic E-state index is 0.171. The van der Waals surface area contributed by atoms with E-state index in [1.54, 1.807) is 12.1 Å². The number of phenols is 1. The molecule has 0 aromatic heterocycles. The molecule has 1 aromatic carbocycles. The summed E-state index contributed by atoms with van der Waals surface area (Å²) in [6.45, 7) is 2.31. The van der Waals surface area contributed by atoms with Gasteiger partial charge in [0.15, 0.2) is 0 Å². The molecule has 2 atom stereocenters. The standard InChI is InChI=1S/C12H19NO2/c1-2-9(7-10(14)8-13)11-5-3-4-6-12(11)15/h3-6,9-10,14-15H,2,7-8,13H2,1H3. The van der Waals surface area contributed by atoms with E-state index in [1.807, 2.05) is 19.1 Å². The van der Waals surface area contributed by atoms with Gasteiger partial charge in [0.1, 0.15) is 5.75 Å². The Hall–Kier alpha value is -1.06. The minimum atomic E-state index is -0.491. The van der Waals surface area contributed by atoms with Crippen LogP contribution in [0.3, 0.4) is 0 Å². The van der Waals surface area contributed by atoms with Crippen molar-refractivity contribution < 1.29 is 10.2 Å². The molecular formula is C12H19NO2. The number of aliphatic hydroxyl groups excluding tert-OH is 1. The van der Waals surface area contributed by atoms with Crippen molar-refractivity contribution >= 4 is 0 Å². The molecule has 0 fully saturated rings. The second-order valence-corrected chi connectivity index (χ2v) is 3.79. The van der Waals surface area contributed by atoms with Gasteiger partial charge < -0.3 is 15.9 Å². The van der Waals surface area contributed by atoms with E-state index in [1.165, 1.54) is 0 Å². The largest absolute Gasteiger partial charge is 0.508 e. The highest BCUT2D eigenvalue weighted by molar-refractivity contribution is 5.34. The maximum absolute atomic E-state index is 9.68. The molecule has 2 unspecified atom stereocenters. The zero-order valence-electron chi connectivity index (χ0n) is 9.06. The number of aromatic hydroxyl groups is 1. The van der Waals surface area contributed by atoms with Gasteiger partial charge in [-0.1, -0.05) is 25.1 Å². The summed E-state index contributed by atoms with van der Waals surface area (Å²) >= 11 is 0. The number of nitrogens with two attached hydrogens (primary N) is 1. The lowest BCUT2D eigenvalue weighted by molar-refractivity contribution is 0.161. The molecule has 15 heavy (non-hydrogen) atoms. The van der Waals surface area contributed by atoms with E-state index >= 15 is 0 Å². The van der Waals surface area contributed by atoms with Gasteiger partial charge in [0, 0.05) is 6.54 Å². The number of hydrogen-bond acceptors (Lipinski definition) is 3. The monoisotopic (exact) mass is 209 g/mol. The van der Waals surface area contributed by atoms with Gasteiger partial charge in [-0.3, -0.25) is 0 Å².